The fraction of sp³-hybridized carbons (Fsp3) is 1.00. The van der Waals surface area contributed by atoms with Crippen molar-refractivity contribution < 1.29 is 0 Å². The Morgan fingerprint density at radius 3 is 2.65 bits per heavy atom. The van der Waals surface area contributed by atoms with Gasteiger partial charge in [-0.3, -0.25) is 4.90 Å². The molecule has 1 aliphatic rings. The molecular weight excluding hydrogens is 210 g/mol. The van der Waals surface area contributed by atoms with Crippen molar-refractivity contribution in [2.45, 2.75) is 45.2 Å². The molecule has 0 aliphatic carbocycles. The highest BCUT2D eigenvalue weighted by molar-refractivity contribution is 4.85. The molecule has 17 heavy (non-hydrogen) atoms. The zero-order valence-corrected chi connectivity index (χ0v) is 12.4. The second kappa shape index (κ2) is 7.34. The van der Waals surface area contributed by atoms with Gasteiger partial charge in [0, 0.05) is 25.2 Å². The van der Waals surface area contributed by atoms with Crippen molar-refractivity contribution in [3.05, 3.63) is 0 Å². The van der Waals surface area contributed by atoms with Gasteiger partial charge in [-0.1, -0.05) is 20.3 Å². The van der Waals surface area contributed by atoms with Crippen LogP contribution in [0.15, 0.2) is 0 Å². The van der Waals surface area contributed by atoms with E-state index in [0.29, 0.717) is 6.04 Å². The van der Waals surface area contributed by atoms with Crippen LogP contribution in [0.4, 0.5) is 0 Å². The van der Waals surface area contributed by atoms with Crippen LogP contribution >= 0.6 is 0 Å². The summed E-state index contributed by atoms with van der Waals surface area (Å²) in [6, 6.07) is 1.41. The molecule has 1 heterocycles. The first-order chi connectivity index (χ1) is 8.08. The quantitative estimate of drug-likeness (QED) is 0.731. The van der Waals surface area contributed by atoms with E-state index >= 15 is 0 Å². The summed E-state index contributed by atoms with van der Waals surface area (Å²) in [4.78, 5) is 5.01. The first-order valence-corrected chi connectivity index (χ1v) is 7.14. The number of likely N-dealkylation sites (N-methyl/N-ethyl adjacent to an activating group) is 2. The van der Waals surface area contributed by atoms with Crippen LogP contribution in [0, 0.1) is 5.92 Å². The Kier molecular flexibility index (Phi) is 6.45. The normalized spacial score (nSPS) is 25.4. The van der Waals surface area contributed by atoms with Gasteiger partial charge in [0.15, 0.2) is 0 Å². The molecule has 0 aromatic carbocycles. The minimum absolute atomic E-state index is 0.641. The summed E-state index contributed by atoms with van der Waals surface area (Å²) in [5.41, 5.74) is 0. The summed E-state index contributed by atoms with van der Waals surface area (Å²) in [6.07, 6.45) is 4.00. The molecule has 0 spiro atoms. The minimum Gasteiger partial charge on any atom is -0.315 e. The lowest BCUT2D eigenvalue weighted by atomic mass is 9.98. The number of nitrogens with one attached hydrogen (secondary N) is 1. The first kappa shape index (κ1) is 14.9. The molecule has 0 bridgehead atoms. The lowest BCUT2D eigenvalue weighted by molar-refractivity contribution is 0.174. The van der Waals surface area contributed by atoms with Crippen molar-refractivity contribution in [3.8, 4) is 0 Å². The predicted molar refractivity (Wildman–Crippen MR) is 75.5 cm³/mol. The van der Waals surface area contributed by atoms with Gasteiger partial charge < -0.3 is 10.2 Å². The van der Waals surface area contributed by atoms with Gasteiger partial charge in [-0.15, -0.1) is 0 Å². The molecular formula is C14H31N3. The number of rotatable bonds is 7. The van der Waals surface area contributed by atoms with Gasteiger partial charge in [-0.25, -0.2) is 0 Å². The third kappa shape index (κ3) is 4.57. The Balaban J connectivity index is 2.47. The van der Waals surface area contributed by atoms with Crippen molar-refractivity contribution in [3.63, 3.8) is 0 Å². The molecule has 1 fully saturated rings. The van der Waals surface area contributed by atoms with Gasteiger partial charge in [0.2, 0.25) is 0 Å². The van der Waals surface area contributed by atoms with Crippen molar-refractivity contribution in [2.24, 2.45) is 5.92 Å². The standard InChI is InChI=1S/C14H31N3/c1-6-12(2)14(15-3)11-17-9-7-8-13(17)10-16(4)5/h12-15H,6-11H2,1-5H3. The molecule has 1 N–H and O–H groups in total. The van der Waals surface area contributed by atoms with E-state index in [1.165, 1.54) is 38.9 Å². The van der Waals surface area contributed by atoms with Gasteiger partial charge in [0.25, 0.3) is 0 Å². The highest BCUT2D eigenvalue weighted by Crippen LogP contribution is 2.20. The van der Waals surface area contributed by atoms with E-state index in [-0.39, 0.29) is 0 Å². The zero-order valence-electron chi connectivity index (χ0n) is 12.4. The summed E-state index contributed by atoms with van der Waals surface area (Å²) in [5, 5.41) is 3.50. The number of nitrogens with zero attached hydrogens (tertiary/aromatic N) is 2. The fourth-order valence-corrected chi connectivity index (χ4v) is 2.86. The maximum Gasteiger partial charge on any atom is 0.0224 e. The highest BCUT2D eigenvalue weighted by atomic mass is 15.2. The molecule has 0 radical (unpaired) electrons. The van der Waals surface area contributed by atoms with Crippen LogP contribution in [0.5, 0.6) is 0 Å². The van der Waals surface area contributed by atoms with E-state index in [1.807, 2.05) is 0 Å². The van der Waals surface area contributed by atoms with E-state index in [4.69, 9.17) is 0 Å². The molecule has 1 saturated heterocycles. The van der Waals surface area contributed by atoms with E-state index in [1.54, 1.807) is 0 Å². The topological polar surface area (TPSA) is 18.5 Å². The van der Waals surface area contributed by atoms with Crippen LogP contribution in [-0.4, -0.2) is 62.7 Å². The SMILES string of the molecule is CCC(C)C(CN1CCCC1CN(C)C)NC. The smallest absolute Gasteiger partial charge is 0.0224 e. The van der Waals surface area contributed by atoms with E-state index in [0.717, 1.165) is 12.0 Å². The fourth-order valence-electron chi connectivity index (χ4n) is 2.86. The van der Waals surface area contributed by atoms with Crippen molar-refractivity contribution in [2.75, 3.05) is 40.8 Å². The Hall–Kier alpha value is -0.120. The highest BCUT2D eigenvalue weighted by Gasteiger charge is 2.27. The van der Waals surface area contributed by atoms with Crippen LogP contribution in [0.1, 0.15) is 33.1 Å². The Bertz CT molecular complexity index is 206. The lowest BCUT2D eigenvalue weighted by Crippen LogP contribution is -2.47. The van der Waals surface area contributed by atoms with E-state index in [9.17, 15) is 0 Å². The summed E-state index contributed by atoms with van der Waals surface area (Å²) in [7, 11) is 6.47. The second-order valence-electron chi connectivity index (χ2n) is 5.83. The molecule has 1 aliphatic heterocycles. The van der Waals surface area contributed by atoms with Crippen LogP contribution < -0.4 is 5.32 Å². The predicted octanol–water partition coefficient (Wildman–Crippen LogP) is 1.65. The van der Waals surface area contributed by atoms with Gasteiger partial charge in [0.05, 0.1) is 0 Å². The molecule has 3 unspecified atom stereocenters. The molecule has 3 atom stereocenters. The average molecular weight is 241 g/mol. The minimum atomic E-state index is 0.641. The molecule has 0 amide bonds. The molecule has 102 valence electrons. The molecule has 0 aromatic heterocycles. The summed E-state index contributed by atoms with van der Waals surface area (Å²) >= 11 is 0. The Labute approximate surface area is 108 Å². The first-order valence-electron chi connectivity index (χ1n) is 7.14. The summed E-state index contributed by atoms with van der Waals surface area (Å²) in [5.74, 6) is 0.764. The van der Waals surface area contributed by atoms with E-state index in [2.05, 4.69) is 50.1 Å². The van der Waals surface area contributed by atoms with Gasteiger partial charge in [0.1, 0.15) is 0 Å². The van der Waals surface area contributed by atoms with Crippen LogP contribution in [0.3, 0.4) is 0 Å². The van der Waals surface area contributed by atoms with Crippen LogP contribution in [-0.2, 0) is 0 Å². The van der Waals surface area contributed by atoms with Crippen LogP contribution in [0.25, 0.3) is 0 Å². The summed E-state index contributed by atoms with van der Waals surface area (Å²) in [6.45, 7) is 8.35. The van der Waals surface area contributed by atoms with Crippen molar-refractivity contribution in [1.82, 2.24) is 15.1 Å². The Morgan fingerprint density at radius 1 is 1.41 bits per heavy atom. The molecule has 1 rings (SSSR count). The van der Waals surface area contributed by atoms with Gasteiger partial charge in [-0.05, 0) is 46.4 Å². The van der Waals surface area contributed by atoms with Crippen molar-refractivity contribution in [1.29, 1.82) is 0 Å². The molecule has 0 aromatic rings. The lowest BCUT2D eigenvalue weighted by Gasteiger charge is -2.32. The maximum absolute atomic E-state index is 3.50. The largest absolute Gasteiger partial charge is 0.315 e. The maximum atomic E-state index is 3.50. The van der Waals surface area contributed by atoms with Gasteiger partial charge in [-0.2, -0.15) is 0 Å². The summed E-state index contributed by atoms with van der Waals surface area (Å²) < 4.78 is 0. The van der Waals surface area contributed by atoms with Crippen LogP contribution in [0.2, 0.25) is 0 Å². The molecule has 0 saturated carbocycles. The number of hydrogen-bond acceptors (Lipinski definition) is 3. The van der Waals surface area contributed by atoms with Gasteiger partial charge >= 0.3 is 0 Å². The second-order valence-corrected chi connectivity index (χ2v) is 5.83. The molecule has 3 nitrogen and oxygen atoms in total. The van der Waals surface area contributed by atoms with Crippen molar-refractivity contribution >= 4 is 0 Å². The van der Waals surface area contributed by atoms with E-state index < -0.39 is 0 Å². The number of likely N-dealkylation sites (tertiary alicyclic amines) is 1. The monoisotopic (exact) mass is 241 g/mol. The zero-order chi connectivity index (χ0) is 12.8. The number of hydrogen-bond donors (Lipinski definition) is 1. The average Bonchev–Trinajstić information content (AvgIpc) is 2.71. The third-order valence-electron chi connectivity index (χ3n) is 4.21. The molecule has 3 heteroatoms. The third-order valence-corrected chi connectivity index (χ3v) is 4.21. The Morgan fingerprint density at radius 2 is 2.12 bits per heavy atom.